The highest BCUT2D eigenvalue weighted by Gasteiger charge is 2.71. The lowest BCUT2D eigenvalue weighted by Gasteiger charge is -2.70. The fourth-order valence-corrected chi connectivity index (χ4v) is 10.5. The second kappa shape index (κ2) is 7.66. The zero-order valence-electron chi connectivity index (χ0n) is 22.9. The van der Waals surface area contributed by atoms with Crippen LogP contribution in [-0.4, -0.2) is 51.0 Å². The number of hydrogen-bond donors (Lipinski definition) is 4. The number of fused-ring (bicyclic) bond motifs is 7. The predicted molar refractivity (Wildman–Crippen MR) is 136 cm³/mol. The lowest BCUT2D eigenvalue weighted by atomic mass is 9.33. The number of carboxylic acid groups (broad SMARTS) is 1. The Hall–Kier alpha value is -1.24. The molecule has 11 atom stereocenters. The van der Waals surface area contributed by atoms with Crippen molar-refractivity contribution in [3.8, 4) is 0 Å². The van der Waals surface area contributed by atoms with Gasteiger partial charge in [0, 0.05) is 16.7 Å². The molecule has 0 aromatic heterocycles. The molecule has 0 aromatic rings. The van der Waals surface area contributed by atoms with Crippen molar-refractivity contribution in [1.29, 1.82) is 0 Å². The molecule has 0 aromatic carbocycles. The van der Waals surface area contributed by atoms with Crippen molar-refractivity contribution in [3.63, 3.8) is 0 Å². The minimum atomic E-state index is -1.02. The summed E-state index contributed by atoms with van der Waals surface area (Å²) in [5.41, 5.74) is -1.91. The Kier molecular flexibility index (Phi) is 5.61. The standard InChI is InChI=1S/C30H46O6/c1-25(24(35)36)14-18-17-13-19(32)23-27(3)9-8-21(33)28(4,16-31)20(27)7-10-30(23,6)29(17,5)12-11-26(18,2)22(34)15-25/h13,18,20-23,31,33-34H,7-12,14-16H2,1-6H3,(H,35,36). The van der Waals surface area contributed by atoms with Crippen LogP contribution >= 0.6 is 0 Å². The van der Waals surface area contributed by atoms with Crippen LogP contribution in [0, 0.1) is 50.2 Å². The molecule has 4 saturated carbocycles. The van der Waals surface area contributed by atoms with Crippen LogP contribution in [0.25, 0.3) is 0 Å². The number of aliphatic hydroxyl groups is 3. The molecule has 0 aliphatic heterocycles. The highest BCUT2D eigenvalue weighted by atomic mass is 16.4. The van der Waals surface area contributed by atoms with Crippen molar-refractivity contribution >= 4 is 11.8 Å². The number of ketones is 1. The van der Waals surface area contributed by atoms with Gasteiger partial charge in [0.2, 0.25) is 0 Å². The molecular weight excluding hydrogens is 456 g/mol. The Balaban J connectivity index is 1.64. The summed E-state index contributed by atoms with van der Waals surface area (Å²) in [6, 6.07) is 0. The minimum Gasteiger partial charge on any atom is -0.481 e. The maximum Gasteiger partial charge on any atom is 0.309 e. The van der Waals surface area contributed by atoms with Crippen molar-refractivity contribution in [1.82, 2.24) is 0 Å². The van der Waals surface area contributed by atoms with E-state index in [-0.39, 0.29) is 52.8 Å². The first-order chi connectivity index (χ1) is 16.5. The van der Waals surface area contributed by atoms with Crippen molar-refractivity contribution in [2.24, 2.45) is 50.2 Å². The molecule has 5 rings (SSSR count). The minimum absolute atomic E-state index is 0.0555. The van der Waals surface area contributed by atoms with E-state index in [1.165, 1.54) is 0 Å². The van der Waals surface area contributed by atoms with Crippen LogP contribution in [0.15, 0.2) is 11.6 Å². The second-order valence-electron chi connectivity index (χ2n) is 14.8. The van der Waals surface area contributed by atoms with Gasteiger partial charge in [-0.3, -0.25) is 9.59 Å². The molecule has 0 saturated heterocycles. The largest absolute Gasteiger partial charge is 0.481 e. The summed E-state index contributed by atoms with van der Waals surface area (Å²) in [5.74, 6) is -1.06. The van der Waals surface area contributed by atoms with Gasteiger partial charge in [-0.2, -0.15) is 0 Å². The Bertz CT molecular complexity index is 1020. The van der Waals surface area contributed by atoms with E-state index in [4.69, 9.17) is 0 Å². The van der Waals surface area contributed by atoms with Crippen LogP contribution in [0.5, 0.6) is 0 Å². The number of rotatable bonds is 2. The van der Waals surface area contributed by atoms with Crippen molar-refractivity contribution in [2.45, 2.75) is 105 Å². The van der Waals surface area contributed by atoms with E-state index in [0.29, 0.717) is 12.8 Å². The topological polar surface area (TPSA) is 115 Å². The normalized spacial score (nSPS) is 56.5. The maximum atomic E-state index is 14.2. The number of aliphatic carboxylic acids is 1. The van der Waals surface area contributed by atoms with Crippen molar-refractivity contribution in [2.75, 3.05) is 6.61 Å². The third kappa shape index (κ3) is 2.95. The number of aliphatic hydroxyl groups excluding tert-OH is 3. The number of carboxylic acids is 1. The van der Waals surface area contributed by atoms with Crippen LogP contribution in [0.1, 0.15) is 92.9 Å². The van der Waals surface area contributed by atoms with Crippen LogP contribution in [0.3, 0.4) is 0 Å². The van der Waals surface area contributed by atoms with Gasteiger partial charge in [0.15, 0.2) is 5.78 Å². The third-order valence-corrected chi connectivity index (χ3v) is 13.3. The fraction of sp³-hybridized carbons (Fsp3) is 0.867. The van der Waals surface area contributed by atoms with E-state index >= 15 is 0 Å². The fourth-order valence-electron chi connectivity index (χ4n) is 10.5. The predicted octanol–water partition coefficient (Wildman–Crippen LogP) is 4.36. The molecule has 6 heteroatoms. The molecule has 0 radical (unpaired) electrons. The Morgan fingerprint density at radius 1 is 0.917 bits per heavy atom. The van der Waals surface area contributed by atoms with Crippen LogP contribution in [0.2, 0.25) is 0 Å². The van der Waals surface area contributed by atoms with Crippen LogP contribution in [0.4, 0.5) is 0 Å². The van der Waals surface area contributed by atoms with E-state index in [2.05, 4.69) is 27.7 Å². The highest BCUT2D eigenvalue weighted by molar-refractivity contribution is 5.95. The third-order valence-electron chi connectivity index (χ3n) is 13.3. The van der Waals surface area contributed by atoms with Gasteiger partial charge in [-0.1, -0.05) is 40.2 Å². The van der Waals surface area contributed by atoms with E-state index in [1.54, 1.807) is 6.92 Å². The van der Waals surface area contributed by atoms with Gasteiger partial charge >= 0.3 is 5.97 Å². The van der Waals surface area contributed by atoms with Gasteiger partial charge in [-0.25, -0.2) is 0 Å². The zero-order chi connectivity index (χ0) is 26.7. The lowest BCUT2D eigenvalue weighted by molar-refractivity contribution is -0.216. The zero-order valence-corrected chi connectivity index (χ0v) is 22.9. The summed E-state index contributed by atoms with van der Waals surface area (Å²) in [6.07, 6.45) is 5.98. The molecule has 0 amide bonds. The molecule has 0 bridgehead atoms. The number of carbonyl (C=O) groups is 2. The summed E-state index contributed by atoms with van der Waals surface area (Å²) in [7, 11) is 0. The molecular formula is C30H46O6. The summed E-state index contributed by atoms with van der Waals surface area (Å²) < 4.78 is 0. The van der Waals surface area contributed by atoms with Gasteiger partial charge in [0.05, 0.1) is 24.2 Å². The Morgan fingerprint density at radius 3 is 2.19 bits per heavy atom. The molecule has 36 heavy (non-hydrogen) atoms. The lowest BCUT2D eigenvalue weighted by Crippen LogP contribution is -2.68. The van der Waals surface area contributed by atoms with Gasteiger partial charge in [-0.05, 0) is 92.4 Å². The molecule has 6 nitrogen and oxygen atoms in total. The van der Waals surface area contributed by atoms with E-state index < -0.39 is 34.4 Å². The summed E-state index contributed by atoms with van der Waals surface area (Å²) >= 11 is 0. The van der Waals surface area contributed by atoms with E-state index in [1.807, 2.05) is 13.0 Å². The molecule has 5 aliphatic rings. The first-order valence-electron chi connectivity index (χ1n) is 14.0. The maximum absolute atomic E-state index is 14.2. The molecule has 0 spiro atoms. The second-order valence-corrected chi connectivity index (χ2v) is 14.8. The van der Waals surface area contributed by atoms with Crippen molar-refractivity contribution < 1.29 is 30.0 Å². The molecule has 0 heterocycles. The smallest absolute Gasteiger partial charge is 0.309 e. The summed E-state index contributed by atoms with van der Waals surface area (Å²) in [4.78, 5) is 26.5. The average molecular weight is 503 g/mol. The number of allylic oxidation sites excluding steroid dienone is 2. The molecule has 4 fully saturated rings. The SMILES string of the molecule is CC1(C(=O)O)CC(O)C2(C)CCC3(C)C(=CC(=O)C4C5(C)CCC(O)C(C)(CO)C5CCC43C)C2C1. The summed E-state index contributed by atoms with van der Waals surface area (Å²) in [6.45, 7) is 12.5. The number of hydrogen-bond acceptors (Lipinski definition) is 5. The Morgan fingerprint density at radius 2 is 1.58 bits per heavy atom. The average Bonchev–Trinajstić information content (AvgIpc) is 2.79. The first-order valence-corrected chi connectivity index (χ1v) is 14.0. The first kappa shape index (κ1) is 26.4. The summed E-state index contributed by atoms with van der Waals surface area (Å²) in [5, 5.41) is 42.6. The molecule has 5 aliphatic carbocycles. The molecule has 11 unspecified atom stereocenters. The number of carbonyl (C=O) groups excluding carboxylic acids is 1. The van der Waals surface area contributed by atoms with Crippen molar-refractivity contribution in [3.05, 3.63) is 11.6 Å². The van der Waals surface area contributed by atoms with Crippen LogP contribution < -0.4 is 0 Å². The van der Waals surface area contributed by atoms with E-state index in [0.717, 1.165) is 37.7 Å². The van der Waals surface area contributed by atoms with Crippen LogP contribution in [-0.2, 0) is 9.59 Å². The van der Waals surface area contributed by atoms with Gasteiger partial charge in [0.25, 0.3) is 0 Å². The van der Waals surface area contributed by atoms with E-state index in [9.17, 15) is 30.0 Å². The van der Waals surface area contributed by atoms with Gasteiger partial charge in [0.1, 0.15) is 0 Å². The highest BCUT2D eigenvalue weighted by Crippen LogP contribution is 2.75. The Labute approximate surface area is 215 Å². The molecule has 4 N–H and O–H groups in total. The van der Waals surface area contributed by atoms with Gasteiger partial charge in [-0.15, -0.1) is 0 Å². The monoisotopic (exact) mass is 502 g/mol. The quantitative estimate of drug-likeness (QED) is 0.446. The molecule has 202 valence electrons. The van der Waals surface area contributed by atoms with Gasteiger partial charge < -0.3 is 20.4 Å².